The molecule has 118 valence electrons. The molecule has 1 saturated heterocycles. The van der Waals surface area contributed by atoms with Crippen LogP contribution >= 0.6 is 0 Å². The van der Waals surface area contributed by atoms with Gasteiger partial charge in [0.05, 0.1) is 11.8 Å². The van der Waals surface area contributed by atoms with E-state index in [1.54, 1.807) is 0 Å². The van der Waals surface area contributed by atoms with E-state index in [2.05, 4.69) is 21.4 Å². The zero-order valence-electron chi connectivity index (χ0n) is 12.8. The number of piperidine rings is 1. The molecule has 0 bridgehead atoms. The van der Waals surface area contributed by atoms with Crippen molar-refractivity contribution in [3.63, 3.8) is 0 Å². The first-order chi connectivity index (χ1) is 10.4. The minimum absolute atomic E-state index is 0.0714. The van der Waals surface area contributed by atoms with Gasteiger partial charge < -0.3 is 5.32 Å². The standard InChI is InChI=1S/C15H20N4O2S/c1-11-5-6-14-13(8-11)15(17-10-16-14)18-12-4-3-7-19(9-12)22(2,20)21/h5-6,8,10,12H,3-4,7,9H2,1-2H3,(H,16,17,18). The van der Waals surface area contributed by atoms with Crippen LogP contribution in [0, 0.1) is 6.92 Å². The molecule has 1 atom stereocenters. The monoisotopic (exact) mass is 320 g/mol. The molecule has 0 radical (unpaired) electrons. The highest BCUT2D eigenvalue weighted by Gasteiger charge is 2.26. The fourth-order valence-corrected chi connectivity index (χ4v) is 3.75. The van der Waals surface area contributed by atoms with Crippen molar-refractivity contribution in [3.05, 3.63) is 30.1 Å². The van der Waals surface area contributed by atoms with E-state index in [9.17, 15) is 8.42 Å². The fraction of sp³-hybridized carbons (Fsp3) is 0.467. The van der Waals surface area contributed by atoms with E-state index in [0.717, 1.165) is 35.1 Å². The van der Waals surface area contributed by atoms with Gasteiger partial charge in [-0.15, -0.1) is 0 Å². The van der Waals surface area contributed by atoms with Gasteiger partial charge in [-0.25, -0.2) is 22.7 Å². The molecule has 6 nitrogen and oxygen atoms in total. The zero-order chi connectivity index (χ0) is 15.7. The van der Waals surface area contributed by atoms with Crippen LogP contribution in [0.5, 0.6) is 0 Å². The summed E-state index contributed by atoms with van der Waals surface area (Å²) in [5.41, 5.74) is 2.03. The number of nitrogens with one attached hydrogen (secondary N) is 1. The topological polar surface area (TPSA) is 75.2 Å². The Bertz CT molecular complexity index is 791. The number of hydrogen-bond acceptors (Lipinski definition) is 5. The van der Waals surface area contributed by atoms with Gasteiger partial charge in [-0.05, 0) is 31.9 Å². The Hall–Kier alpha value is -1.73. The van der Waals surface area contributed by atoms with Crippen molar-refractivity contribution >= 4 is 26.7 Å². The zero-order valence-corrected chi connectivity index (χ0v) is 13.6. The quantitative estimate of drug-likeness (QED) is 0.933. The predicted octanol–water partition coefficient (Wildman–Crippen LogP) is 1.77. The number of sulfonamides is 1. The number of benzene rings is 1. The molecule has 1 N–H and O–H groups in total. The third-order valence-electron chi connectivity index (χ3n) is 3.98. The summed E-state index contributed by atoms with van der Waals surface area (Å²) in [6.07, 6.45) is 4.59. The van der Waals surface area contributed by atoms with Gasteiger partial charge >= 0.3 is 0 Å². The number of fused-ring (bicyclic) bond motifs is 1. The molecule has 1 aliphatic heterocycles. The summed E-state index contributed by atoms with van der Waals surface area (Å²) in [5.74, 6) is 0.772. The van der Waals surface area contributed by atoms with Crippen molar-refractivity contribution in [2.75, 3.05) is 24.7 Å². The Labute approximate surface area is 130 Å². The summed E-state index contributed by atoms with van der Waals surface area (Å²) in [4.78, 5) is 8.61. The number of nitrogens with zero attached hydrogens (tertiary/aromatic N) is 3. The smallest absolute Gasteiger partial charge is 0.211 e. The number of rotatable bonds is 3. The lowest BCUT2D eigenvalue weighted by atomic mass is 10.1. The molecule has 7 heteroatoms. The summed E-state index contributed by atoms with van der Waals surface area (Å²) >= 11 is 0. The molecule has 1 aromatic heterocycles. The second kappa shape index (κ2) is 5.81. The summed E-state index contributed by atoms with van der Waals surface area (Å²) in [6, 6.07) is 6.11. The Morgan fingerprint density at radius 1 is 1.32 bits per heavy atom. The molecule has 0 spiro atoms. The molecule has 2 heterocycles. The lowest BCUT2D eigenvalue weighted by Crippen LogP contribution is -2.44. The van der Waals surface area contributed by atoms with E-state index in [4.69, 9.17) is 0 Å². The largest absolute Gasteiger partial charge is 0.365 e. The van der Waals surface area contributed by atoms with Crippen LogP contribution in [0.15, 0.2) is 24.5 Å². The maximum atomic E-state index is 11.7. The fourth-order valence-electron chi connectivity index (χ4n) is 2.84. The van der Waals surface area contributed by atoms with E-state index in [-0.39, 0.29) is 6.04 Å². The molecule has 1 fully saturated rings. The van der Waals surface area contributed by atoms with Crippen LogP contribution in [0.1, 0.15) is 18.4 Å². The molecule has 3 rings (SSSR count). The highest BCUT2D eigenvalue weighted by molar-refractivity contribution is 7.88. The average molecular weight is 320 g/mol. The molecule has 1 aliphatic rings. The van der Waals surface area contributed by atoms with Crippen molar-refractivity contribution in [1.29, 1.82) is 0 Å². The summed E-state index contributed by atoms with van der Waals surface area (Å²) < 4.78 is 25.0. The summed E-state index contributed by atoms with van der Waals surface area (Å²) in [5, 5.41) is 4.37. The van der Waals surface area contributed by atoms with Gasteiger partial charge in [0.25, 0.3) is 0 Å². The Kier molecular flexibility index (Phi) is 4.01. The molecular formula is C15H20N4O2S. The highest BCUT2D eigenvalue weighted by atomic mass is 32.2. The van der Waals surface area contributed by atoms with Gasteiger partial charge in [0.1, 0.15) is 12.1 Å². The molecule has 0 amide bonds. The molecule has 22 heavy (non-hydrogen) atoms. The van der Waals surface area contributed by atoms with Crippen LogP contribution < -0.4 is 5.32 Å². The third kappa shape index (κ3) is 3.20. The first-order valence-electron chi connectivity index (χ1n) is 7.36. The van der Waals surface area contributed by atoms with Gasteiger partial charge in [0.2, 0.25) is 10.0 Å². The van der Waals surface area contributed by atoms with E-state index in [1.807, 2.05) is 19.1 Å². The maximum Gasteiger partial charge on any atom is 0.211 e. The van der Waals surface area contributed by atoms with Crippen molar-refractivity contribution in [3.8, 4) is 0 Å². The summed E-state index contributed by atoms with van der Waals surface area (Å²) in [6.45, 7) is 3.11. The van der Waals surface area contributed by atoms with Crippen LogP contribution in [0.25, 0.3) is 10.9 Å². The van der Waals surface area contributed by atoms with Gasteiger partial charge in [-0.1, -0.05) is 11.6 Å². The van der Waals surface area contributed by atoms with E-state index < -0.39 is 10.0 Å². The normalized spacial score (nSPS) is 20.2. The highest BCUT2D eigenvalue weighted by Crippen LogP contribution is 2.23. The second-order valence-electron chi connectivity index (χ2n) is 5.85. The van der Waals surface area contributed by atoms with Crippen LogP contribution in [-0.4, -0.2) is 48.1 Å². The first kappa shape index (κ1) is 15.2. The van der Waals surface area contributed by atoms with Crippen molar-refractivity contribution in [1.82, 2.24) is 14.3 Å². The SMILES string of the molecule is Cc1ccc2ncnc(NC3CCCN(S(C)(=O)=O)C3)c2c1. The van der Waals surface area contributed by atoms with E-state index in [0.29, 0.717) is 13.1 Å². The second-order valence-corrected chi connectivity index (χ2v) is 7.83. The molecule has 1 unspecified atom stereocenters. The van der Waals surface area contributed by atoms with Crippen LogP contribution in [0.3, 0.4) is 0 Å². The third-order valence-corrected chi connectivity index (χ3v) is 5.25. The minimum Gasteiger partial charge on any atom is -0.365 e. The van der Waals surface area contributed by atoms with Crippen molar-refractivity contribution in [2.45, 2.75) is 25.8 Å². The van der Waals surface area contributed by atoms with Gasteiger partial charge in [0, 0.05) is 24.5 Å². The van der Waals surface area contributed by atoms with Crippen LogP contribution in [-0.2, 0) is 10.0 Å². The van der Waals surface area contributed by atoms with Crippen LogP contribution in [0.4, 0.5) is 5.82 Å². The Morgan fingerprint density at radius 2 is 2.14 bits per heavy atom. The van der Waals surface area contributed by atoms with Gasteiger partial charge in [0.15, 0.2) is 0 Å². The number of hydrogen-bond donors (Lipinski definition) is 1. The van der Waals surface area contributed by atoms with E-state index in [1.165, 1.54) is 16.9 Å². The molecule has 0 saturated carbocycles. The average Bonchev–Trinajstić information content (AvgIpc) is 2.47. The molecule has 1 aromatic carbocycles. The lowest BCUT2D eigenvalue weighted by Gasteiger charge is -2.31. The maximum absolute atomic E-state index is 11.7. The van der Waals surface area contributed by atoms with E-state index >= 15 is 0 Å². The molecular weight excluding hydrogens is 300 g/mol. The predicted molar refractivity (Wildman–Crippen MR) is 87.3 cm³/mol. The molecule has 2 aromatic rings. The Balaban J connectivity index is 1.85. The molecule has 0 aliphatic carbocycles. The summed E-state index contributed by atoms with van der Waals surface area (Å²) in [7, 11) is -3.14. The number of aryl methyl sites for hydroxylation is 1. The first-order valence-corrected chi connectivity index (χ1v) is 9.21. The van der Waals surface area contributed by atoms with Crippen LogP contribution in [0.2, 0.25) is 0 Å². The van der Waals surface area contributed by atoms with Gasteiger partial charge in [-0.2, -0.15) is 0 Å². The Morgan fingerprint density at radius 3 is 2.91 bits per heavy atom. The van der Waals surface area contributed by atoms with Gasteiger partial charge in [-0.3, -0.25) is 0 Å². The number of anilines is 1. The minimum atomic E-state index is -3.14. The van der Waals surface area contributed by atoms with Crippen molar-refractivity contribution in [2.24, 2.45) is 0 Å². The number of aromatic nitrogens is 2. The van der Waals surface area contributed by atoms with Crippen molar-refractivity contribution < 1.29 is 8.42 Å². The lowest BCUT2D eigenvalue weighted by molar-refractivity contribution is 0.329.